The second-order valence-electron chi connectivity index (χ2n) is 4.68. The van der Waals surface area contributed by atoms with Crippen molar-refractivity contribution in [1.82, 2.24) is 0 Å². The van der Waals surface area contributed by atoms with E-state index < -0.39 is 0 Å². The molecule has 0 unspecified atom stereocenters. The van der Waals surface area contributed by atoms with E-state index in [-0.39, 0.29) is 5.84 Å². The molecule has 0 fully saturated rings. The van der Waals surface area contributed by atoms with Crippen LogP contribution in [0, 0.1) is 13.8 Å². The summed E-state index contributed by atoms with van der Waals surface area (Å²) in [5.74, 6) is 1.05. The topological polar surface area (TPSA) is 58.6 Å². The van der Waals surface area contributed by atoms with Crippen molar-refractivity contribution in [1.29, 1.82) is 0 Å². The Balaban J connectivity index is 2.13. The molecule has 0 aliphatic rings. The summed E-state index contributed by atoms with van der Waals surface area (Å²) in [6, 6.07) is 14.2. The highest BCUT2D eigenvalue weighted by molar-refractivity contribution is 7.98. The van der Waals surface area contributed by atoms with Crippen LogP contribution < -0.4 is 5.73 Å². The molecule has 0 aliphatic heterocycles. The summed E-state index contributed by atoms with van der Waals surface area (Å²) >= 11 is 1.82. The van der Waals surface area contributed by atoms with E-state index in [0.717, 1.165) is 16.9 Å². The van der Waals surface area contributed by atoms with Crippen LogP contribution >= 0.6 is 11.8 Å². The second-order valence-corrected chi connectivity index (χ2v) is 5.70. The molecule has 0 heterocycles. The summed E-state index contributed by atoms with van der Waals surface area (Å²) in [5, 5.41) is 11.7. The van der Waals surface area contributed by atoms with Crippen LogP contribution in [0.2, 0.25) is 0 Å². The molecule has 20 heavy (non-hydrogen) atoms. The van der Waals surface area contributed by atoms with E-state index in [0.29, 0.717) is 0 Å². The maximum atomic E-state index is 8.69. The van der Waals surface area contributed by atoms with Crippen LogP contribution in [0.25, 0.3) is 0 Å². The van der Waals surface area contributed by atoms with Crippen molar-refractivity contribution >= 4 is 17.6 Å². The minimum Gasteiger partial charge on any atom is -0.409 e. The van der Waals surface area contributed by atoms with Crippen molar-refractivity contribution < 1.29 is 5.21 Å². The van der Waals surface area contributed by atoms with Gasteiger partial charge in [-0.15, -0.1) is 11.8 Å². The van der Waals surface area contributed by atoms with Crippen molar-refractivity contribution in [2.45, 2.75) is 24.5 Å². The Morgan fingerprint density at radius 3 is 2.55 bits per heavy atom. The van der Waals surface area contributed by atoms with E-state index in [4.69, 9.17) is 10.9 Å². The molecule has 0 atom stereocenters. The number of benzene rings is 2. The SMILES string of the molecule is Cc1cc(/C(N)=N/O)ccc1CSc1ccccc1C. The first-order valence-corrected chi connectivity index (χ1v) is 7.36. The normalized spacial score (nSPS) is 11.6. The first-order valence-electron chi connectivity index (χ1n) is 6.37. The first-order chi connectivity index (χ1) is 9.61. The van der Waals surface area contributed by atoms with Crippen LogP contribution in [0.1, 0.15) is 22.3 Å². The molecule has 0 saturated heterocycles. The van der Waals surface area contributed by atoms with Crippen molar-refractivity contribution in [3.63, 3.8) is 0 Å². The molecule has 0 radical (unpaired) electrons. The van der Waals surface area contributed by atoms with E-state index >= 15 is 0 Å². The highest BCUT2D eigenvalue weighted by atomic mass is 32.2. The average Bonchev–Trinajstić information content (AvgIpc) is 2.46. The number of hydrogen-bond donors (Lipinski definition) is 2. The highest BCUT2D eigenvalue weighted by Gasteiger charge is 2.05. The number of rotatable bonds is 4. The standard InChI is InChI=1S/C16H18N2OS/c1-11-5-3-4-6-15(11)20-10-14-8-7-13(9-12(14)2)16(17)18-19/h3-9,19H,10H2,1-2H3,(H2,17,18). The minimum atomic E-state index is 0.145. The number of aryl methyl sites for hydroxylation is 2. The van der Waals surface area contributed by atoms with Gasteiger partial charge in [-0.1, -0.05) is 35.5 Å². The third-order valence-electron chi connectivity index (χ3n) is 3.22. The third kappa shape index (κ3) is 3.33. The number of thioether (sulfide) groups is 1. The molecule has 0 saturated carbocycles. The van der Waals surface area contributed by atoms with Crippen LogP contribution in [-0.2, 0) is 5.75 Å². The lowest BCUT2D eigenvalue weighted by molar-refractivity contribution is 0.318. The lowest BCUT2D eigenvalue weighted by Crippen LogP contribution is -2.13. The fourth-order valence-corrected chi connectivity index (χ4v) is 3.05. The van der Waals surface area contributed by atoms with Crippen molar-refractivity contribution in [2.75, 3.05) is 0 Å². The van der Waals surface area contributed by atoms with E-state index in [9.17, 15) is 0 Å². The molecule has 0 aromatic heterocycles. The van der Waals surface area contributed by atoms with E-state index in [1.54, 1.807) is 0 Å². The molecule has 0 bridgehead atoms. The van der Waals surface area contributed by atoms with Gasteiger partial charge in [0.25, 0.3) is 0 Å². The quantitative estimate of drug-likeness (QED) is 0.296. The predicted octanol–water partition coefficient (Wildman–Crippen LogP) is 3.69. The Kier molecular flexibility index (Phi) is 4.69. The van der Waals surface area contributed by atoms with Gasteiger partial charge in [0.1, 0.15) is 0 Å². The van der Waals surface area contributed by atoms with Crippen LogP contribution in [-0.4, -0.2) is 11.0 Å². The van der Waals surface area contributed by atoms with Crippen LogP contribution in [0.15, 0.2) is 52.5 Å². The zero-order valence-electron chi connectivity index (χ0n) is 11.6. The highest BCUT2D eigenvalue weighted by Crippen LogP contribution is 2.27. The van der Waals surface area contributed by atoms with Gasteiger partial charge in [-0.3, -0.25) is 0 Å². The van der Waals surface area contributed by atoms with Gasteiger partial charge >= 0.3 is 0 Å². The molecule has 0 amide bonds. The lowest BCUT2D eigenvalue weighted by atomic mass is 10.1. The lowest BCUT2D eigenvalue weighted by Gasteiger charge is -2.09. The zero-order chi connectivity index (χ0) is 14.5. The molecule has 2 aromatic carbocycles. The smallest absolute Gasteiger partial charge is 0.170 e. The molecule has 4 heteroatoms. The van der Waals surface area contributed by atoms with E-state index in [2.05, 4.69) is 36.3 Å². The van der Waals surface area contributed by atoms with Gasteiger partial charge in [0, 0.05) is 16.2 Å². The maximum Gasteiger partial charge on any atom is 0.170 e. The van der Waals surface area contributed by atoms with Crippen LogP contribution in [0.3, 0.4) is 0 Å². The van der Waals surface area contributed by atoms with Gasteiger partial charge in [-0.2, -0.15) is 0 Å². The number of hydrogen-bond acceptors (Lipinski definition) is 3. The summed E-state index contributed by atoms with van der Waals surface area (Å²) in [6.07, 6.45) is 0. The summed E-state index contributed by atoms with van der Waals surface area (Å²) in [6.45, 7) is 4.17. The molecular formula is C16H18N2OS. The largest absolute Gasteiger partial charge is 0.409 e. The number of amidine groups is 1. The Hall–Kier alpha value is -1.94. The van der Waals surface area contributed by atoms with Gasteiger partial charge in [-0.05, 0) is 42.7 Å². The Labute approximate surface area is 123 Å². The molecule has 0 spiro atoms. The Morgan fingerprint density at radius 2 is 1.90 bits per heavy atom. The minimum absolute atomic E-state index is 0.145. The summed E-state index contributed by atoms with van der Waals surface area (Å²) in [4.78, 5) is 1.30. The molecule has 2 rings (SSSR count). The summed E-state index contributed by atoms with van der Waals surface area (Å²) in [7, 11) is 0. The average molecular weight is 286 g/mol. The van der Waals surface area contributed by atoms with Crippen molar-refractivity contribution in [3.05, 3.63) is 64.7 Å². The van der Waals surface area contributed by atoms with Gasteiger partial charge in [0.2, 0.25) is 0 Å². The van der Waals surface area contributed by atoms with Crippen LogP contribution in [0.4, 0.5) is 0 Å². The summed E-state index contributed by atoms with van der Waals surface area (Å²) in [5.41, 5.74) is 10.0. The van der Waals surface area contributed by atoms with Crippen molar-refractivity contribution in [2.24, 2.45) is 10.9 Å². The fraction of sp³-hybridized carbons (Fsp3) is 0.188. The predicted molar refractivity (Wildman–Crippen MR) is 84.4 cm³/mol. The van der Waals surface area contributed by atoms with Crippen LogP contribution in [0.5, 0.6) is 0 Å². The monoisotopic (exact) mass is 286 g/mol. The maximum absolute atomic E-state index is 8.69. The van der Waals surface area contributed by atoms with Crippen molar-refractivity contribution in [3.8, 4) is 0 Å². The Morgan fingerprint density at radius 1 is 1.15 bits per heavy atom. The van der Waals surface area contributed by atoms with Gasteiger partial charge < -0.3 is 10.9 Å². The first kappa shape index (κ1) is 14.5. The second kappa shape index (κ2) is 6.48. The number of oxime groups is 1. The Bertz CT molecular complexity index is 638. The number of nitrogens with two attached hydrogens (primary N) is 1. The van der Waals surface area contributed by atoms with Gasteiger partial charge in [0.15, 0.2) is 5.84 Å². The van der Waals surface area contributed by atoms with Gasteiger partial charge in [-0.25, -0.2) is 0 Å². The molecule has 0 aliphatic carbocycles. The molecule has 104 valence electrons. The number of nitrogens with zero attached hydrogens (tertiary/aromatic N) is 1. The molecule has 2 aromatic rings. The fourth-order valence-electron chi connectivity index (χ4n) is 1.95. The molecule has 3 nitrogen and oxygen atoms in total. The third-order valence-corrected chi connectivity index (χ3v) is 4.45. The van der Waals surface area contributed by atoms with E-state index in [1.165, 1.54) is 16.0 Å². The summed E-state index contributed by atoms with van der Waals surface area (Å²) < 4.78 is 0. The van der Waals surface area contributed by atoms with E-state index in [1.807, 2.05) is 36.9 Å². The zero-order valence-corrected chi connectivity index (χ0v) is 12.4. The molecule has 3 N–H and O–H groups in total. The molecular weight excluding hydrogens is 268 g/mol. The van der Waals surface area contributed by atoms with Gasteiger partial charge in [0.05, 0.1) is 0 Å².